The van der Waals surface area contributed by atoms with E-state index >= 15 is 0 Å². The number of aliphatic hydroxyl groups excluding tert-OH is 1. The summed E-state index contributed by atoms with van der Waals surface area (Å²) >= 11 is 0. The van der Waals surface area contributed by atoms with Gasteiger partial charge in [0.05, 0.1) is 12.2 Å². The van der Waals surface area contributed by atoms with E-state index in [0.717, 1.165) is 18.5 Å². The van der Waals surface area contributed by atoms with Crippen molar-refractivity contribution in [1.29, 1.82) is 0 Å². The largest absolute Gasteiger partial charge is 0.395 e. The number of hydrogen-bond acceptors (Lipinski definition) is 2. The van der Waals surface area contributed by atoms with E-state index < -0.39 is 0 Å². The third kappa shape index (κ3) is 3.86. The van der Waals surface area contributed by atoms with Gasteiger partial charge in [0.25, 0.3) is 5.91 Å². The molecule has 1 heterocycles. The molecule has 112 valence electrons. The van der Waals surface area contributed by atoms with Gasteiger partial charge < -0.3 is 10.0 Å². The summed E-state index contributed by atoms with van der Waals surface area (Å²) in [6.07, 6.45) is 2.67. The molecule has 0 aliphatic carbocycles. The Labute approximate surface area is 127 Å². The fourth-order valence-corrected chi connectivity index (χ4v) is 2.72. The highest BCUT2D eigenvalue weighted by molar-refractivity contribution is 5.97. The number of aliphatic hydroxyl groups is 1. The zero-order valence-corrected chi connectivity index (χ0v) is 12.8. The number of benzene rings is 1. The molecule has 2 atom stereocenters. The Morgan fingerprint density at radius 3 is 2.86 bits per heavy atom. The molecule has 1 amide bonds. The molecule has 3 heteroatoms. The smallest absolute Gasteiger partial charge is 0.255 e. The maximum atomic E-state index is 12.8. The van der Waals surface area contributed by atoms with E-state index in [2.05, 4.69) is 25.7 Å². The van der Waals surface area contributed by atoms with Crippen molar-refractivity contribution in [2.45, 2.75) is 39.2 Å². The number of hydrogen-bond donors (Lipinski definition) is 1. The highest BCUT2D eigenvalue weighted by Crippen LogP contribution is 2.24. The minimum absolute atomic E-state index is 0.0454. The summed E-state index contributed by atoms with van der Waals surface area (Å²) in [6, 6.07) is 7.77. The predicted octanol–water partition coefficient (Wildman–Crippen LogP) is 2.68. The molecule has 2 unspecified atom stereocenters. The number of carbonyl (C=O) groups is 1. The van der Waals surface area contributed by atoms with E-state index in [9.17, 15) is 4.79 Å². The van der Waals surface area contributed by atoms with Crippen molar-refractivity contribution in [2.75, 3.05) is 13.2 Å². The molecule has 0 radical (unpaired) electrons. The molecule has 2 rings (SSSR count). The van der Waals surface area contributed by atoms with Crippen molar-refractivity contribution in [3.8, 4) is 11.8 Å². The number of amides is 1. The van der Waals surface area contributed by atoms with E-state index in [0.29, 0.717) is 17.9 Å². The van der Waals surface area contributed by atoms with Gasteiger partial charge in [-0.2, -0.15) is 0 Å². The van der Waals surface area contributed by atoms with Crippen molar-refractivity contribution in [3.05, 3.63) is 35.4 Å². The van der Waals surface area contributed by atoms with Crippen molar-refractivity contribution < 1.29 is 9.90 Å². The van der Waals surface area contributed by atoms with E-state index in [-0.39, 0.29) is 18.6 Å². The van der Waals surface area contributed by atoms with Gasteiger partial charge in [-0.15, -0.1) is 0 Å². The summed E-state index contributed by atoms with van der Waals surface area (Å²) in [7, 11) is 0. The standard InChI is InChI=1S/C18H23NO2/c1-14-10-11-15(2)19(13-14)18(21)17-9-4-3-7-16(17)8-5-6-12-20/h3-4,7,9,14-15,20H,6,10-13H2,1-2H3. The maximum absolute atomic E-state index is 12.8. The van der Waals surface area contributed by atoms with Crippen LogP contribution in [0.5, 0.6) is 0 Å². The Morgan fingerprint density at radius 2 is 2.10 bits per heavy atom. The second-order valence-corrected chi connectivity index (χ2v) is 5.81. The van der Waals surface area contributed by atoms with Gasteiger partial charge in [-0.25, -0.2) is 0 Å². The first kappa shape index (κ1) is 15.6. The second-order valence-electron chi connectivity index (χ2n) is 5.81. The molecule has 1 N–H and O–H groups in total. The van der Waals surface area contributed by atoms with Gasteiger partial charge >= 0.3 is 0 Å². The zero-order valence-electron chi connectivity index (χ0n) is 12.8. The van der Waals surface area contributed by atoms with Crippen LogP contribution in [0, 0.1) is 17.8 Å². The van der Waals surface area contributed by atoms with E-state index in [1.807, 2.05) is 29.2 Å². The van der Waals surface area contributed by atoms with Crippen LogP contribution in [0.4, 0.5) is 0 Å². The minimum atomic E-state index is 0.0454. The summed E-state index contributed by atoms with van der Waals surface area (Å²) in [5.74, 6) is 6.53. The average Bonchev–Trinajstić information content (AvgIpc) is 2.50. The minimum Gasteiger partial charge on any atom is -0.395 e. The van der Waals surface area contributed by atoms with Gasteiger partial charge in [0, 0.05) is 24.6 Å². The summed E-state index contributed by atoms with van der Waals surface area (Å²) < 4.78 is 0. The maximum Gasteiger partial charge on any atom is 0.255 e. The van der Waals surface area contributed by atoms with Gasteiger partial charge in [-0.05, 0) is 37.8 Å². The molecule has 0 saturated carbocycles. The van der Waals surface area contributed by atoms with Crippen LogP contribution in [-0.2, 0) is 0 Å². The van der Waals surface area contributed by atoms with E-state index in [1.54, 1.807) is 0 Å². The lowest BCUT2D eigenvalue weighted by molar-refractivity contribution is 0.0574. The Hall–Kier alpha value is -1.79. The van der Waals surface area contributed by atoms with Crippen LogP contribution in [0.15, 0.2) is 24.3 Å². The molecule has 1 aliphatic rings. The lowest BCUT2D eigenvalue weighted by Gasteiger charge is -2.37. The van der Waals surface area contributed by atoms with Gasteiger partial charge in [0.1, 0.15) is 0 Å². The third-order valence-electron chi connectivity index (χ3n) is 4.00. The summed E-state index contributed by atoms with van der Waals surface area (Å²) in [5, 5.41) is 8.81. The van der Waals surface area contributed by atoms with E-state index in [4.69, 9.17) is 5.11 Å². The lowest BCUT2D eigenvalue weighted by atomic mass is 9.94. The molecule has 1 aromatic carbocycles. The molecule has 3 nitrogen and oxygen atoms in total. The number of rotatable bonds is 2. The summed E-state index contributed by atoms with van der Waals surface area (Å²) in [4.78, 5) is 14.8. The first-order valence-electron chi connectivity index (χ1n) is 7.63. The lowest BCUT2D eigenvalue weighted by Crippen LogP contribution is -2.45. The molecule has 1 saturated heterocycles. The van der Waals surface area contributed by atoms with Gasteiger partial charge in [0.15, 0.2) is 0 Å². The SMILES string of the molecule is CC1CCC(C)N(C(=O)c2ccccc2C#CCCO)C1. The second kappa shape index (κ2) is 7.28. The summed E-state index contributed by atoms with van der Waals surface area (Å²) in [5.41, 5.74) is 1.42. The molecule has 21 heavy (non-hydrogen) atoms. The average molecular weight is 285 g/mol. The van der Waals surface area contributed by atoms with Crippen molar-refractivity contribution in [2.24, 2.45) is 5.92 Å². The van der Waals surface area contributed by atoms with Crippen LogP contribution in [-0.4, -0.2) is 35.1 Å². The topological polar surface area (TPSA) is 40.5 Å². The van der Waals surface area contributed by atoms with Crippen LogP contribution < -0.4 is 0 Å². The number of nitrogens with zero attached hydrogens (tertiary/aromatic N) is 1. The number of likely N-dealkylation sites (tertiary alicyclic amines) is 1. The van der Waals surface area contributed by atoms with Crippen molar-refractivity contribution in [3.63, 3.8) is 0 Å². The van der Waals surface area contributed by atoms with Crippen LogP contribution in [0.2, 0.25) is 0 Å². The Kier molecular flexibility index (Phi) is 5.41. The zero-order chi connectivity index (χ0) is 15.2. The molecule has 1 fully saturated rings. The van der Waals surface area contributed by atoms with Crippen LogP contribution in [0.25, 0.3) is 0 Å². The first-order valence-corrected chi connectivity index (χ1v) is 7.63. The molecule has 0 spiro atoms. The fourth-order valence-electron chi connectivity index (χ4n) is 2.72. The Morgan fingerprint density at radius 1 is 1.33 bits per heavy atom. The van der Waals surface area contributed by atoms with Gasteiger partial charge in [0.2, 0.25) is 0 Å². The third-order valence-corrected chi connectivity index (χ3v) is 4.00. The van der Waals surface area contributed by atoms with Gasteiger partial charge in [-0.1, -0.05) is 30.9 Å². The Balaban J connectivity index is 2.25. The molecular formula is C18H23NO2. The normalized spacial score (nSPS) is 21.6. The number of piperidine rings is 1. The molecule has 0 aromatic heterocycles. The Bertz CT molecular complexity index is 556. The van der Waals surface area contributed by atoms with Crippen LogP contribution >= 0.6 is 0 Å². The van der Waals surface area contributed by atoms with Crippen LogP contribution in [0.3, 0.4) is 0 Å². The molecule has 0 bridgehead atoms. The molecular weight excluding hydrogens is 262 g/mol. The highest BCUT2D eigenvalue weighted by Gasteiger charge is 2.28. The fraction of sp³-hybridized carbons (Fsp3) is 0.500. The molecule has 1 aliphatic heterocycles. The van der Waals surface area contributed by atoms with Gasteiger partial charge in [-0.3, -0.25) is 4.79 Å². The monoisotopic (exact) mass is 285 g/mol. The number of carbonyl (C=O) groups excluding carboxylic acids is 1. The van der Waals surface area contributed by atoms with Crippen LogP contribution in [0.1, 0.15) is 49.0 Å². The van der Waals surface area contributed by atoms with E-state index in [1.165, 1.54) is 6.42 Å². The van der Waals surface area contributed by atoms with Crippen molar-refractivity contribution >= 4 is 5.91 Å². The summed E-state index contributed by atoms with van der Waals surface area (Å²) in [6.45, 7) is 5.17. The quantitative estimate of drug-likeness (QED) is 0.849. The first-order chi connectivity index (χ1) is 10.1. The predicted molar refractivity (Wildman–Crippen MR) is 83.9 cm³/mol. The van der Waals surface area contributed by atoms with Crippen molar-refractivity contribution in [1.82, 2.24) is 4.90 Å². The molecule has 1 aromatic rings. The highest BCUT2D eigenvalue weighted by atomic mass is 16.2.